The van der Waals surface area contributed by atoms with Gasteiger partial charge in [-0.1, -0.05) is 5.16 Å². The first-order valence-corrected chi connectivity index (χ1v) is 12.4. The summed E-state index contributed by atoms with van der Waals surface area (Å²) in [5.41, 5.74) is 0.635. The van der Waals surface area contributed by atoms with E-state index < -0.39 is 10.0 Å². The van der Waals surface area contributed by atoms with Gasteiger partial charge in [-0.05, 0) is 44.7 Å². The van der Waals surface area contributed by atoms with E-state index in [2.05, 4.69) is 25.2 Å². The molecule has 1 saturated carbocycles. The largest absolute Gasteiger partial charge is 0.367 e. The van der Waals surface area contributed by atoms with Crippen LogP contribution < -0.4 is 14.9 Å². The Balaban J connectivity index is 1.34. The number of aryl methyl sites for hydroxylation is 1. The standard InChI is InChI=1S/C20H26N6O3S2/c1-13-21-18(12-19(22-13)26(2)3)23-14-4-6-15(7-5-14)25-31(27,28)20-9-8-17(30-20)16-10-11-29-24-16/h8-12,14-15,25H,4-7H2,1-3H3,(H,21,22,23). The fourth-order valence-corrected chi connectivity index (χ4v) is 6.23. The fraction of sp³-hybridized carbons (Fsp3) is 0.450. The molecule has 166 valence electrons. The molecule has 4 rings (SSSR count). The smallest absolute Gasteiger partial charge is 0.250 e. The Morgan fingerprint density at radius 1 is 1.10 bits per heavy atom. The summed E-state index contributed by atoms with van der Waals surface area (Å²) in [5.74, 6) is 2.38. The highest BCUT2D eigenvalue weighted by Crippen LogP contribution is 2.31. The predicted molar refractivity (Wildman–Crippen MR) is 121 cm³/mol. The number of aromatic nitrogens is 3. The molecule has 31 heavy (non-hydrogen) atoms. The second-order valence-electron chi connectivity index (χ2n) is 7.87. The molecule has 3 heterocycles. The highest BCUT2D eigenvalue weighted by Gasteiger charge is 2.27. The van der Waals surface area contributed by atoms with Crippen molar-refractivity contribution in [3.8, 4) is 10.6 Å². The lowest BCUT2D eigenvalue weighted by atomic mass is 9.92. The minimum Gasteiger partial charge on any atom is -0.367 e. The molecule has 1 fully saturated rings. The Kier molecular flexibility index (Phi) is 6.26. The Morgan fingerprint density at radius 2 is 1.84 bits per heavy atom. The van der Waals surface area contributed by atoms with Gasteiger partial charge in [-0.15, -0.1) is 11.3 Å². The van der Waals surface area contributed by atoms with Crippen molar-refractivity contribution in [1.82, 2.24) is 19.8 Å². The molecule has 0 bridgehead atoms. The van der Waals surface area contributed by atoms with Crippen molar-refractivity contribution in [2.75, 3.05) is 24.3 Å². The summed E-state index contributed by atoms with van der Waals surface area (Å²) in [6.45, 7) is 1.88. The molecule has 0 atom stereocenters. The molecule has 1 aliphatic carbocycles. The van der Waals surface area contributed by atoms with Crippen molar-refractivity contribution in [2.24, 2.45) is 0 Å². The first-order valence-electron chi connectivity index (χ1n) is 10.1. The molecule has 0 radical (unpaired) electrons. The highest BCUT2D eigenvalue weighted by molar-refractivity contribution is 7.91. The monoisotopic (exact) mass is 462 g/mol. The maximum Gasteiger partial charge on any atom is 0.250 e. The summed E-state index contributed by atoms with van der Waals surface area (Å²) in [6, 6.07) is 7.19. The molecule has 3 aromatic heterocycles. The number of hydrogen-bond donors (Lipinski definition) is 2. The normalized spacial score (nSPS) is 19.3. The van der Waals surface area contributed by atoms with E-state index in [1.165, 1.54) is 17.6 Å². The van der Waals surface area contributed by atoms with Crippen LogP contribution in [0.3, 0.4) is 0 Å². The SMILES string of the molecule is Cc1nc(NC2CCC(NS(=O)(=O)c3ccc(-c4ccon4)s3)CC2)cc(N(C)C)n1. The third-order valence-electron chi connectivity index (χ3n) is 5.22. The van der Waals surface area contributed by atoms with E-state index in [9.17, 15) is 8.42 Å². The van der Waals surface area contributed by atoms with Gasteiger partial charge in [-0.2, -0.15) is 0 Å². The highest BCUT2D eigenvalue weighted by atomic mass is 32.2. The molecule has 9 nitrogen and oxygen atoms in total. The molecular weight excluding hydrogens is 436 g/mol. The Morgan fingerprint density at radius 3 is 2.52 bits per heavy atom. The topological polar surface area (TPSA) is 113 Å². The maximum atomic E-state index is 12.8. The van der Waals surface area contributed by atoms with Crippen molar-refractivity contribution >= 4 is 33.0 Å². The molecule has 0 aromatic carbocycles. The van der Waals surface area contributed by atoms with Gasteiger partial charge in [0.1, 0.15) is 33.6 Å². The summed E-state index contributed by atoms with van der Waals surface area (Å²) in [7, 11) is 0.335. The molecule has 0 spiro atoms. The molecule has 0 aliphatic heterocycles. The molecule has 2 N–H and O–H groups in total. The lowest BCUT2D eigenvalue weighted by molar-refractivity contribution is 0.387. The second-order valence-corrected chi connectivity index (χ2v) is 10.9. The van der Waals surface area contributed by atoms with Gasteiger partial charge in [0.2, 0.25) is 10.0 Å². The minimum absolute atomic E-state index is 0.0786. The molecule has 3 aromatic rings. The average Bonchev–Trinajstić information content (AvgIpc) is 3.41. The predicted octanol–water partition coefficient (Wildman–Crippen LogP) is 3.27. The minimum atomic E-state index is -3.56. The van der Waals surface area contributed by atoms with Crippen molar-refractivity contribution < 1.29 is 12.9 Å². The number of nitrogens with zero attached hydrogens (tertiary/aromatic N) is 4. The third-order valence-corrected chi connectivity index (χ3v) is 8.34. The summed E-state index contributed by atoms with van der Waals surface area (Å²) in [5, 5.41) is 7.34. The molecule has 11 heteroatoms. The number of nitrogens with one attached hydrogen (secondary N) is 2. The summed E-state index contributed by atoms with van der Waals surface area (Å²) >= 11 is 1.19. The van der Waals surface area contributed by atoms with E-state index >= 15 is 0 Å². The molecule has 0 unspecified atom stereocenters. The van der Waals surface area contributed by atoms with Gasteiger partial charge < -0.3 is 14.7 Å². The zero-order valence-corrected chi connectivity index (χ0v) is 19.3. The average molecular weight is 463 g/mol. The van der Waals surface area contributed by atoms with E-state index in [0.717, 1.165) is 48.0 Å². The van der Waals surface area contributed by atoms with Crippen LogP contribution in [0, 0.1) is 6.92 Å². The zero-order valence-electron chi connectivity index (χ0n) is 17.7. The van der Waals surface area contributed by atoms with E-state index in [1.807, 2.05) is 32.0 Å². The van der Waals surface area contributed by atoms with Gasteiger partial charge in [0.15, 0.2) is 0 Å². The Hall–Kier alpha value is -2.50. The van der Waals surface area contributed by atoms with Crippen LogP contribution in [0.1, 0.15) is 31.5 Å². The van der Waals surface area contributed by atoms with Gasteiger partial charge in [-0.25, -0.2) is 23.1 Å². The van der Waals surface area contributed by atoms with Crippen LogP contribution in [0.4, 0.5) is 11.6 Å². The van der Waals surface area contributed by atoms with E-state index in [1.54, 1.807) is 18.2 Å². The van der Waals surface area contributed by atoms with Crippen LogP contribution in [0.15, 0.2) is 39.3 Å². The van der Waals surface area contributed by atoms with Crippen molar-refractivity contribution in [2.45, 2.75) is 48.9 Å². The first-order chi connectivity index (χ1) is 14.8. The number of hydrogen-bond acceptors (Lipinski definition) is 9. The van der Waals surface area contributed by atoms with Crippen LogP contribution in [-0.4, -0.2) is 49.7 Å². The van der Waals surface area contributed by atoms with Gasteiger partial charge in [0, 0.05) is 38.3 Å². The maximum absolute atomic E-state index is 12.8. The van der Waals surface area contributed by atoms with Gasteiger partial charge in [0.25, 0.3) is 0 Å². The summed E-state index contributed by atoms with van der Waals surface area (Å²) in [6.07, 6.45) is 4.73. The summed E-state index contributed by atoms with van der Waals surface area (Å²) in [4.78, 5) is 11.6. The molecule has 0 saturated heterocycles. The molecule has 0 amide bonds. The second kappa shape index (κ2) is 8.93. The lowest BCUT2D eigenvalue weighted by Gasteiger charge is -2.30. The number of thiophene rings is 1. The van der Waals surface area contributed by atoms with Gasteiger partial charge in [0.05, 0.1) is 4.88 Å². The van der Waals surface area contributed by atoms with Crippen molar-refractivity contribution in [3.63, 3.8) is 0 Å². The van der Waals surface area contributed by atoms with Crippen LogP contribution in [-0.2, 0) is 10.0 Å². The van der Waals surface area contributed by atoms with Crippen molar-refractivity contribution in [3.05, 3.63) is 36.4 Å². The first kappa shape index (κ1) is 21.7. The van der Waals surface area contributed by atoms with Crippen molar-refractivity contribution in [1.29, 1.82) is 0 Å². The van der Waals surface area contributed by atoms with E-state index in [0.29, 0.717) is 9.90 Å². The van der Waals surface area contributed by atoms with E-state index in [-0.39, 0.29) is 12.1 Å². The van der Waals surface area contributed by atoms with Crippen LogP contribution in [0.2, 0.25) is 0 Å². The van der Waals surface area contributed by atoms with Crippen LogP contribution >= 0.6 is 11.3 Å². The van der Waals surface area contributed by atoms with Crippen LogP contribution in [0.25, 0.3) is 10.6 Å². The number of anilines is 2. The number of rotatable bonds is 7. The van der Waals surface area contributed by atoms with Gasteiger partial charge >= 0.3 is 0 Å². The van der Waals surface area contributed by atoms with E-state index in [4.69, 9.17) is 4.52 Å². The lowest BCUT2D eigenvalue weighted by Crippen LogP contribution is -2.40. The summed E-state index contributed by atoms with van der Waals surface area (Å²) < 4.78 is 33.6. The van der Waals surface area contributed by atoms with Crippen LogP contribution in [0.5, 0.6) is 0 Å². The quantitative estimate of drug-likeness (QED) is 0.550. The molecule has 1 aliphatic rings. The molecular formula is C20H26N6O3S2. The zero-order chi connectivity index (χ0) is 22.0. The fourth-order valence-electron chi connectivity index (χ4n) is 3.64. The van der Waals surface area contributed by atoms with Gasteiger partial charge in [-0.3, -0.25) is 0 Å². The third kappa shape index (κ3) is 5.23. The Bertz CT molecular complexity index is 1120. The number of sulfonamides is 1. The Labute approximate surface area is 185 Å².